The molecule has 0 bridgehead atoms. The topological polar surface area (TPSA) is 58.6 Å². The molecule has 1 N–H and O–H groups in total. The first-order valence-corrected chi connectivity index (χ1v) is 11.7. The fraction of sp³-hybridized carbons (Fsp3) is 0.259. The number of halogens is 1. The summed E-state index contributed by atoms with van der Waals surface area (Å²) in [6.45, 7) is 6.90. The zero-order chi connectivity index (χ0) is 23.6. The van der Waals surface area contributed by atoms with Gasteiger partial charge in [0, 0.05) is 28.8 Å². The molecule has 0 radical (unpaired) electrons. The zero-order valence-corrected chi connectivity index (χ0v) is 20.6. The van der Waals surface area contributed by atoms with Gasteiger partial charge < -0.3 is 15.0 Å². The van der Waals surface area contributed by atoms with Crippen molar-refractivity contribution >= 4 is 39.1 Å². The van der Waals surface area contributed by atoms with Crippen LogP contribution < -0.4 is 15.0 Å². The fourth-order valence-electron chi connectivity index (χ4n) is 3.76. The van der Waals surface area contributed by atoms with Gasteiger partial charge in [-0.3, -0.25) is 9.59 Å². The Kier molecular flexibility index (Phi) is 6.56. The van der Waals surface area contributed by atoms with Gasteiger partial charge in [0.05, 0.1) is 5.92 Å². The van der Waals surface area contributed by atoms with E-state index in [2.05, 4.69) is 54.2 Å². The second kappa shape index (κ2) is 9.40. The van der Waals surface area contributed by atoms with Gasteiger partial charge in [0.2, 0.25) is 11.8 Å². The van der Waals surface area contributed by atoms with E-state index >= 15 is 0 Å². The number of carbonyl (C=O) groups excluding carboxylic acids is 2. The van der Waals surface area contributed by atoms with E-state index in [1.165, 1.54) is 5.56 Å². The minimum Gasteiger partial charge on any atom is -0.457 e. The second-order valence-electron chi connectivity index (χ2n) is 9.27. The molecule has 6 heteroatoms. The number of carbonyl (C=O) groups is 2. The monoisotopic (exact) mass is 506 g/mol. The molecule has 4 rings (SSSR count). The molecule has 0 saturated carbocycles. The molecule has 0 spiro atoms. The Morgan fingerprint density at radius 2 is 1.52 bits per heavy atom. The van der Waals surface area contributed by atoms with Gasteiger partial charge in [-0.25, -0.2) is 0 Å². The molecule has 5 nitrogen and oxygen atoms in total. The number of ether oxygens (including phenoxy) is 1. The van der Waals surface area contributed by atoms with Crippen molar-refractivity contribution in [3.8, 4) is 11.5 Å². The van der Waals surface area contributed by atoms with E-state index in [0.29, 0.717) is 18.0 Å². The number of nitrogens with one attached hydrogen (secondary N) is 1. The van der Waals surface area contributed by atoms with Gasteiger partial charge >= 0.3 is 0 Å². The number of anilines is 2. The largest absolute Gasteiger partial charge is 0.457 e. The van der Waals surface area contributed by atoms with E-state index in [0.717, 1.165) is 15.9 Å². The molecule has 1 atom stereocenters. The normalized spacial score (nSPS) is 16.1. The molecular formula is C27H27BrN2O3. The molecule has 1 aliphatic heterocycles. The lowest BCUT2D eigenvalue weighted by Crippen LogP contribution is -2.28. The molecule has 170 valence electrons. The minimum atomic E-state index is -0.390. The van der Waals surface area contributed by atoms with E-state index < -0.39 is 5.92 Å². The van der Waals surface area contributed by atoms with Gasteiger partial charge in [-0.05, 0) is 71.6 Å². The van der Waals surface area contributed by atoms with Crippen molar-refractivity contribution in [2.24, 2.45) is 5.92 Å². The maximum absolute atomic E-state index is 12.8. The Morgan fingerprint density at radius 1 is 0.939 bits per heavy atom. The third-order valence-corrected chi connectivity index (χ3v) is 6.24. The maximum Gasteiger partial charge on any atom is 0.229 e. The Balaban J connectivity index is 1.34. The van der Waals surface area contributed by atoms with Crippen LogP contribution in [0.15, 0.2) is 77.3 Å². The zero-order valence-electron chi connectivity index (χ0n) is 19.0. The van der Waals surface area contributed by atoms with Crippen molar-refractivity contribution in [1.29, 1.82) is 0 Å². The van der Waals surface area contributed by atoms with Crippen LogP contribution >= 0.6 is 15.9 Å². The highest BCUT2D eigenvalue weighted by Gasteiger charge is 2.35. The van der Waals surface area contributed by atoms with Crippen LogP contribution in [0, 0.1) is 5.92 Å². The van der Waals surface area contributed by atoms with Gasteiger partial charge in [0.15, 0.2) is 0 Å². The Hall–Kier alpha value is -3.12. The summed E-state index contributed by atoms with van der Waals surface area (Å²) in [6, 6.07) is 22.8. The van der Waals surface area contributed by atoms with Crippen molar-refractivity contribution in [3.05, 3.63) is 82.8 Å². The van der Waals surface area contributed by atoms with Gasteiger partial charge in [-0.15, -0.1) is 0 Å². The maximum atomic E-state index is 12.8. The average molecular weight is 507 g/mol. The summed E-state index contributed by atoms with van der Waals surface area (Å²) in [4.78, 5) is 26.9. The summed E-state index contributed by atoms with van der Waals surface area (Å²) in [6.07, 6.45) is 0.202. The molecule has 1 heterocycles. The van der Waals surface area contributed by atoms with E-state index in [4.69, 9.17) is 4.74 Å². The van der Waals surface area contributed by atoms with Crippen molar-refractivity contribution in [1.82, 2.24) is 0 Å². The molecule has 3 aromatic rings. The first-order chi connectivity index (χ1) is 15.7. The highest BCUT2D eigenvalue weighted by Crippen LogP contribution is 2.29. The molecule has 33 heavy (non-hydrogen) atoms. The predicted octanol–water partition coefficient (Wildman–Crippen LogP) is 6.53. The summed E-state index contributed by atoms with van der Waals surface area (Å²) in [5, 5.41) is 2.92. The van der Waals surface area contributed by atoms with E-state index in [1.54, 1.807) is 17.0 Å². The smallest absolute Gasteiger partial charge is 0.229 e. The number of nitrogens with zero attached hydrogens (tertiary/aromatic N) is 1. The quantitative estimate of drug-likeness (QED) is 0.427. The molecule has 0 aliphatic carbocycles. The Labute approximate surface area is 202 Å². The van der Waals surface area contributed by atoms with Crippen molar-refractivity contribution in [2.45, 2.75) is 32.6 Å². The van der Waals surface area contributed by atoms with Crippen LogP contribution in [0.1, 0.15) is 32.8 Å². The molecule has 0 aromatic heterocycles. The van der Waals surface area contributed by atoms with E-state index in [9.17, 15) is 9.59 Å². The number of amides is 2. The van der Waals surface area contributed by atoms with Gasteiger partial charge in [0.25, 0.3) is 0 Å². The molecule has 1 fully saturated rings. The first kappa shape index (κ1) is 23.1. The lowest BCUT2D eigenvalue weighted by atomic mass is 9.87. The van der Waals surface area contributed by atoms with Crippen LogP contribution in [-0.2, 0) is 15.0 Å². The first-order valence-electron chi connectivity index (χ1n) is 10.9. The van der Waals surface area contributed by atoms with Crippen LogP contribution in [0.2, 0.25) is 0 Å². The summed E-state index contributed by atoms with van der Waals surface area (Å²) < 4.78 is 6.87. The lowest BCUT2D eigenvalue weighted by Gasteiger charge is -2.19. The van der Waals surface area contributed by atoms with Crippen LogP contribution in [0.4, 0.5) is 11.4 Å². The minimum absolute atomic E-state index is 0.0429. The van der Waals surface area contributed by atoms with Crippen LogP contribution in [0.3, 0.4) is 0 Å². The molecule has 2 amide bonds. The molecule has 1 saturated heterocycles. The summed E-state index contributed by atoms with van der Waals surface area (Å²) in [5.74, 6) is 0.859. The summed E-state index contributed by atoms with van der Waals surface area (Å²) in [5.41, 5.74) is 2.81. The predicted molar refractivity (Wildman–Crippen MR) is 135 cm³/mol. The molecule has 1 aliphatic rings. The summed E-state index contributed by atoms with van der Waals surface area (Å²) in [7, 11) is 0. The lowest BCUT2D eigenvalue weighted by molar-refractivity contribution is -0.122. The number of rotatable bonds is 5. The average Bonchev–Trinajstić information content (AvgIpc) is 3.17. The third kappa shape index (κ3) is 5.63. The van der Waals surface area contributed by atoms with E-state index in [1.807, 2.05) is 48.5 Å². The van der Waals surface area contributed by atoms with Gasteiger partial charge in [-0.2, -0.15) is 0 Å². The number of hydrogen-bond acceptors (Lipinski definition) is 3. The van der Waals surface area contributed by atoms with Crippen molar-refractivity contribution in [2.75, 3.05) is 16.8 Å². The molecular weight excluding hydrogens is 480 g/mol. The molecule has 3 aromatic carbocycles. The van der Waals surface area contributed by atoms with Crippen molar-refractivity contribution < 1.29 is 14.3 Å². The molecule has 0 unspecified atom stereocenters. The highest BCUT2D eigenvalue weighted by molar-refractivity contribution is 9.10. The number of hydrogen-bond donors (Lipinski definition) is 1. The van der Waals surface area contributed by atoms with Gasteiger partial charge in [-0.1, -0.05) is 48.8 Å². The van der Waals surface area contributed by atoms with Crippen molar-refractivity contribution in [3.63, 3.8) is 0 Å². The Bertz CT molecular complexity index is 1130. The van der Waals surface area contributed by atoms with Crippen LogP contribution in [0.5, 0.6) is 11.5 Å². The third-order valence-electron chi connectivity index (χ3n) is 5.71. The van der Waals surface area contributed by atoms with Gasteiger partial charge in [0.1, 0.15) is 11.5 Å². The Morgan fingerprint density at radius 3 is 2.09 bits per heavy atom. The fourth-order valence-corrected chi connectivity index (χ4v) is 4.03. The standard InChI is InChI=1S/C27H27BrN2O3/c1-27(2,3)19-4-12-23(13-5-19)33-24-14-8-21(9-15-24)29-26(32)18-16-25(31)30(17-18)22-10-6-20(28)7-11-22/h4-15,18H,16-17H2,1-3H3,(H,29,32)/t18-/m0/s1. The number of benzene rings is 3. The second-order valence-corrected chi connectivity index (χ2v) is 10.2. The summed E-state index contributed by atoms with van der Waals surface area (Å²) >= 11 is 3.40. The highest BCUT2D eigenvalue weighted by atomic mass is 79.9. The SMILES string of the molecule is CC(C)(C)c1ccc(Oc2ccc(NC(=O)[C@H]3CC(=O)N(c4ccc(Br)cc4)C3)cc2)cc1. The van der Waals surface area contributed by atoms with Crippen LogP contribution in [-0.4, -0.2) is 18.4 Å². The van der Waals surface area contributed by atoms with Crippen LogP contribution in [0.25, 0.3) is 0 Å². The van der Waals surface area contributed by atoms with E-state index in [-0.39, 0.29) is 23.7 Å².